The Labute approximate surface area is 100 Å². The van der Waals surface area contributed by atoms with Crippen molar-refractivity contribution in [1.82, 2.24) is 0 Å². The third kappa shape index (κ3) is 2.07. The van der Waals surface area contributed by atoms with Gasteiger partial charge < -0.3 is 15.6 Å². The molecule has 0 aliphatic carbocycles. The highest BCUT2D eigenvalue weighted by Gasteiger charge is 2.45. The second kappa shape index (κ2) is 4.63. The number of aliphatic hydroxyl groups is 1. The van der Waals surface area contributed by atoms with Crippen LogP contribution in [0.15, 0.2) is 28.7 Å². The molecular formula is C10H10BrNO4. The second-order valence-corrected chi connectivity index (χ2v) is 3.99. The Balaban J connectivity index is 3.27. The van der Waals surface area contributed by atoms with Crippen LogP contribution in [-0.4, -0.2) is 24.1 Å². The lowest BCUT2D eigenvalue weighted by atomic mass is 9.93. The quantitative estimate of drug-likeness (QED) is 0.618. The highest BCUT2D eigenvalue weighted by molar-refractivity contribution is 9.10. The van der Waals surface area contributed by atoms with Crippen molar-refractivity contribution in [3.63, 3.8) is 0 Å². The van der Waals surface area contributed by atoms with Gasteiger partial charge in [-0.2, -0.15) is 0 Å². The molecule has 5 nitrogen and oxygen atoms in total. The van der Waals surface area contributed by atoms with E-state index in [0.29, 0.717) is 0 Å². The van der Waals surface area contributed by atoms with Crippen LogP contribution >= 0.6 is 15.9 Å². The zero-order valence-corrected chi connectivity index (χ0v) is 10.0. The van der Waals surface area contributed by atoms with Gasteiger partial charge in [-0.1, -0.05) is 28.1 Å². The number of nitrogens with two attached hydrogens (primary N) is 1. The average molecular weight is 288 g/mol. The fourth-order valence-electron chi connectivity index (χ4n) is 1.20. The standard InChI is InChI=1S/C10H10BrNO4/c1-16-9(14)10(15,8(12)13)6-2-4-7(11)5-3-6/h2-5,15H,1H3,(H2,12,13)/t10-/m0/s1. The summed E-state index contributed by atoms with van der Waals surface area (Å²) in [5.74, 6) is -2.29. The molecule has 86 valence electrons. The van der Waals surface area contributed by atoms with Gasteiger partial charge in [-0.25, -0.2) is 4.79 Å². The fraction of sp³-hybridized carbons (Fsp3) is 0.200. The number of carbonyl (C=O) groups excluding carboxylic acids is 2. The number of hydrogen-bond donors (Lipinski definition) is 2. The molecule has 0 aromatic heterocycles. The molecule has 0 bridgehead atoms. The van der Waals surface area contributed by atoms with Crippen molar-refractivity contribution in [1.29, 1.82) is 0 Å². The van der Waals surface area contributed by atoms with Crippen LogP contribution in [-0.2, 0) is 19.9 Å². The lowest BCUT2D eigenvalue weighted by Crippen LogP contribution is -2.48. The number of primary amides is 1. The van der Waals surface area contributed by atoms with E-state index in [1.807, 2.05) is 0 Å². The van der Waals surface area contributed by atoms with Gasteiger partial charge in [-0.3, -0.25) is 4.79 Å². The minimum absolute atomic E-state index is 0.0649. The highest BCUT2D eigenvalue weighted by Crippen LogP contribution is 2.24. The molecule has 0 unspecified atom stereocenters. The van der Waals surface area contributed by atoms with Crippen LogP contribution in [0.5, 0.6) is 0 Å². The van der Waals surface area contributed by atoms with Crippen molar-refractivity contribution in [3.8, 4) is 0 Å². The van der Waals surface area contributed by atoms with E-state index in [2.05, 4.69) is 20.7 Å². The first kappa shape index (κ1) is 12.7. The number of rotatable bonds is 3. The number of esters is 1. The Morgan fingerprint density at radius 2 is 1.88 bits per heavy atom. The molecule has 1 rings (SSSR count). The van der Waals surface area contributed by atoms with Gasteiger partial charge >= 0.3 is 5.97 Å². The maximum absolute atomic E-state index is 11.4. The van der Waals surface area contributed by atoms with Crippen LogP contribution in [0.1, 0.15) is 5.56 Å². The largest absolute Gasteiger partial charge is 0.466 e. The summed E-state index contributed by atoms with van der Waals surface area (Å²) < 4.78 is 5.10. The summed E-state index contributed by atoms with van der Waals surface area (Å²) in [5, 5.41) is 9.95. The van der Waals surface area contributed by atoms with E-state index in [0.717, 1.165) is 11.6 Å². The maximum atomic E-state index is 11.4. The predicted octanol–water partition coefficient (Wildman–Crippen LogP) is 0.295. The number of halogens is 1. The SMILES string of the molecule is COC(=O)[C@@](O)(C(N)=O)c1ccc(Br)cc1. The van der Waals surface area contributed by atoms with Gasteiger partial charge in [0.1, 0.15) is 0 Å². The molecule has 3 N–H and O–H groups in total. The van der Waals surface area contributed by atoms with E-state index in [1.54, 1.807) is 12.1 Å². The minimum atomic E-state index is -2.45. The smallest absolute Gasteiger partial charge is 0.352 e. The van der Waals surface area contributed by atoms with Crippen LogP contribution < -0.4 is 5.73 Å². The lowest BCUT2D eigenvalue weighted by Gasteiger charge is -2.21. The highest BCUT2D eigenvalue weighted by atomic mass is 79.9. The lowest BCUT2D eigenvalue weighted by molar-refractivity contribution is -0.169. The van der Waals surface area contributed by atoms with Gasteiger partial charge in [0.15, 0.2) is 0 Å². The summed E-state index contributed by atoms with van der Waals surface area (Å²) >= 11 is 3.19. The van der Waals surface area contributed by atoms with Crippen molar-refractivity contribution in [2.45, 2.75) is 5.60 Å². The summed E-state index contributed by atoms with van der Waals surface area (Å²) in [6, 6.07) is 5.97. The van der Waals surface area contributed by atoms with E-state index in [-0.39, 0.29) is 5.56 Å². The monoisotopic (exact) mass is 287 g/mol. The van der Waals surface area contributed by atoms with Gasteiger partial charge in [0.05, 0.1) is 7.11 Å². The Morgan fingerprint density at radius 3 is 2.25 bits per heavy atom. The Hall–Kier alpha value is -1.40. The van der Waals surface area contributed by atoms with Gasteiger partial charge in [0.25, 0.3) is 11.5 Å². The number of hydrogen-bond acceptors (Lipinski definition) is 4. The Bertz CT molecular complexity index is 417. The van der Waals surface area contributed by atoms with Gasteiger partial charge in [0.2, 0.25) is 0 Å². The summed E-state index contributed by atoms with van der Waals surface area (Å²) in [6.45, 7) is 0. The molecule has 0 saturated heterocycles. The summed E-state index contributed by atoms with van der Waals surface area (Å²) in [5.41, 5.74) is 2.63. The molecule has 16 heavy (non-hydrogen) atoms. The third-order valence-corrected chi connectivity index (χ3v) is 2.63. The Kier molecular flexibility index (Phi) is 3.66. The van der Waals surface area contributed by atoms with Crippen molar-refractivity contribution >= 4 is 27.8 Å². The molecule has 1 aromatic rings. The van der Waals surface area contributed by atoms with Gasteiger partial charge in [-0.15, -0.1) is 0 Å². The van der Waals surface area contributed by atoms with Crippen LogP contribution in [0.4, 0.5) is 0 Å². The van der Waals surface area contributed by atoms with Crippen LogP contribution in [0.3, 0.4) is 0 Å². The van der Waals surface area contributed by atoms with Crippen LogP contribution in [0, 0.1) is 0 Å². The summed E-state index contributed by atoms with van der Waals surface area (Å²) in [6.07, 6.45) is 0. The molecule has 0 saturated carbocycles. The molecule has 0 aliphatic heterocycles. The number of ether oxygens (including phenoxy) is 1. The molecule has 0 spiro atoms. The molecule has 0 heterocycles. The normalized spacial score (nSPS) is 13.9. The minimum Gasteiger partial charge on any atom is -0.466 e. The van der Waals surface area contributed by atoms with Crippen molar-refractivity contribution in [2.75, 3.05) is 7.11 Å². The molecular weight excluding hydrogens is 278 g/mol. The third-order valence-electron chi connectivity index (χ3n) is 2.10. The molecule has 6 heteroatoms. The number of benzene rings is 1. The van der Waals surface area contributed by atoms with E-state index in [1.165, 1.54) is 12.1 Å². The molecule has 0 aliphatic rings. The van der Waals surface area contributed by atoms with E-state index in [9.17, 15) is 14.7 Å². The summed E-state index contributed by atoms with van der Waals surface area (Å²) in [4.78, 5) is 22.5. The molecule has 1 aromatic carbocycles. The van der Waals surface area contributed by atoms with Crippen molar-refractivity contribution in [3.05, 3.63) is 34.3 Å². The second-order valence-electron chi connectivity index (χ2n) is 3.07. The zero-order valence-electron chi connectivity index (χ0n) is 8.44. The molecule has 1 amide bonds. The number of amides is 1. The fourth-order valence-corrected chi connectivity index (χ4v) is 1.46. The summed E-state index contributed by atoms with van der Waals surface area (Å²) in [7, 11) is 1.06. The predicted molar refractivity (Wildman–Crippen MR) is 59.2 cm³/mol. The number of methoxy groups -OCH3 is 1. The van der Waals surface area contributed by atoms with Gasteiger partial charge in [-0.05, 0) is 12.1 Å². The number of carbonyl (C=O) groups is 2. The van der Waals surface area contributed by atoms with Crippen molar-refractivity contribution in [2.24, 2.45) is 5.73 Å². The molecule has 1 atom stereocenters. The average Bonchev–Trinajstić information content (AvgIpc) is 2.27. The van der Waals surface area contributed by atoms with E-state index >= 15 is 0 Å². The Morgan fingerprint density at radius 1 is 1.38 bits per heavy atom. The molecule has 0 fully saturated rings. The van der Waals surface area contributed by atoms with E-state index in [4.69, 9.17) is 5.73 Å². The first-order valence-corrected chi connectivity index (χ1v) is 5.09. The van der Waals surface area contributed by atoms with E-state index < -0.39 is 17.5 Å². The first-order valence-electron chi connectivity index (χ1n) is 4.29. The molecule has 0 radical (unpaired) electrons. The van der Waals surface area contributed by atoms with Crippen LogP contribution in [0.25, 0.3) is 0 Å². The van der Waals surface area contributed by atoms with Gasteiger partial charge in [0, 0.05) is 10.0 Å². The first-order chi connectivity index (χ1) is 7.42. The maximum Gasteiger partial charge on any atom is 0.352 e. The zero-order chi connectivity index (χ0) is 12.3. The van der Waals surface area contributed by atoms with Crippen molar-refractivity contribution < 1.29 is 19.4 Å². The van der Waals surface area contributed by atoms with Crippen LogP contribution in [0.2, 0.25) is 0 Å². The topological polar surface area (TPSA) is 89.6 Å².